The summed E-state index contributed by atoms with van der Waals surface area (Å²) in [6.07, 6.45) is 0. The lowest BCUT2D eigenvalue weighted by molar-refractivity contribution is -0.133. The number of rotatable bonds is 6. The summed E-state index contributed by atoms with van der Waals surface area (Å²) in [4.78, 5) is 10.7. The molecule has 0 aliphatic rings. The Kier molecular flexibility index (Phi) is 5.08. The van der Waals surface area contributed by atoms with Crippen LogP contribution >= 0.6 is 23.4 Å². The number of benzene rings is 1. The molecule has 0 spiro atoms. The van der Waals surface area contributed by atoms with Crippen molar-refractivity contribution in [2.75, 3.05) is 12.9 Å². The molecule has 0 amide bonds. The summed E-state index contributed by atoms with van der Waals surface area (Å²) in [6, 6.07) is 5.25. The molecule has 0 radical (unpaired) electrons. The van der Waals surface area contributed by atoms with Gasteiger partial charge in [0.25, 0.3) is 0 Å². The summed E-state index contributed by atoms with van der Waals surface area (Å²) in [6.45, 7) is 2.55. The minimum atomic E-state index is -0.896. The molecule has 0 aliphatic heterocycles. The fraction of sp³-hybridized carbons (Fsp3) is 0.308. The van der Waals surface area contributed by atoms with Gasteiger partial charge in [-0.25, -0.2) is 0 Å². The van der Waals surface area contributed by atoms with Gasteiger partial charge in [-0.1, -0.05) is 23.4 Å². The Bertz CT molecular complexity index is 660. The highest BCUT2D eigenvalue weighted by Crippen LogP contribution is 2.33. The third-order valence-electron chi connectivity index (χ3n) is 2.76. The molecule has 1 heterocycles. The number of methoxy groups -OCH3 is 1. The van der Waals surface area contributed by atoms with E-state index in [4.69, 9.17) is 21.4 Å². The maximum atomic E-state index is 10.7. The molecule has 0 unspecified atom stereocenters. The minimum Gasteiger partial charge on any atom is -0.496 e. The van der Waals surface area contributed by atoms with Gasteiger partial charge in [0.15, 0.2) is 11.0 Å². The fourth-order valence-corrected chi connectivity index (χ4v) is 2.76. The Morgan fingerprint density at radius 3 is 2.86 bits per heavy atom. The molecular weight excluding hydrogens is 314 g/mol. The average Bonchev–Trinajstić information content (AvgIpc) is 2.87. The molecule has 0 saturated carbocycles. The zero-order valence-electron chi connectivity index (χ0n) is 11.5. The van der Waals surface area contributed by atoms with Gasteiger partial charge in [-0.3, -0.25) is 4.79 Å². The molecule has 6 nitrogen and oxygen atoms in total. The first-order chi connectivity index (χ1) is 10.1. The second-order valence-electron chi connectivity index (χ2n) is 4.08. The molecule has 112 valence electrons. The summed E-state index contributed by atoms with van der Waals surface area (Å²) in [7, 11) is 1.57. The zero-order valence-corrected chi connectivity index (χ0v) is 13.1. The minimum absolute atomic E-state index is 0.0647. The molecule has 1 N–H and O–H groups in total. The lowest BCUT2D eigenvalue weighted by Crippen LogP contribution is -2.03. The van der Waals surface area contributed by atoms with Gasteiger partial charge < -0.3 is 14.4 Å². The Balaban J connectivity index is 2.45. The van der Waals surface area contributed by atoms with Crippen molar-refractivity contribution in [2.24, 2.45) is 0 Å². The highest BCUT2D eigenvalue weighted by atomic mass is 35.5. The molecule has 1 aromatic carbocycles. The van der Waals surface area contributed by atoms with E-state index in [2.05, 4.69) is 10.2 Å². The van der Waals surface area contributed by atoms with Crippen LogP contribution in [0.15, 0.2) is 23.4 Å². The quantitative estimate of drug-likeness (QED) is 0.822. The Labute approximate surface area is 131 Å². The molecule has 8 heteroatoms. The van der Waals surface area contributed by atoms with Crippen LogP contribution in [0.2, 0.25) is 5.02 Å². The topological polar surface area (TPSA) is 77.2 Å². The van der Waals surface area contributed by atoms with Crippen molar-refractivity contribution in [2.45, 2.75) is 18.6 Å². The van der Waals surface area contributed by atoms with Crippen molar-refractivity contribution < 1.29 is 14.6 Å². The van der Waals surface area contributed by atoms with E-state index in [0.717, 1.165) is 17.3 Å². The van der Waals surface area contributed by atoms with Crippen molar-refractivity contribution in [1.29, 1.82) is 0 Å². The van der Waals surface area contributed by atoms with Crippen LogP contribution in [0.3, 0.4) is 0 Å². The van der Waals surface area contributed by atoms with Gasteiger partial charge in [-0.05, 0) is 25.1 Å². The molecule has 0 fully saturated rings. The number of ether oxygens (including phenoxy) is 1. The van der Waals surface area contributed by atoms with Gasteiger partial charge in [-0.15, -0.1) is 10.2 Å². The van der Waals surface area contributed by atoms with Gasteiger partial charge in [0.1, 0.15) is 5.75 Å². The highest BCUT2D eigenvalue weighted by Gasteiger charge is 2.17. The van der Waals surface area contributed by atoms with Crippen LogP contribution in [0.5, 0.6) is 5.75 Å². The summed E-state index contributed by atoms with van der Waals surface area (Å²) in [5.41, 5.74) is 0.724. The van der Waals surface area contributed by atoms with E-state index < -0.39 is 5.97 Å². The van der Waals surface area contributed by atoms with E-state index in [1.54, 1.807) is 25.3 Å². The SMILES string of the molecule is CCn1c(SCC(=O)O)nnc1-c1cc(Cl)ccc1OC. The fourth-order valence-electron chi connectivity index (χ4n) is 1.86. The van der Waals surface area contributed by atoms with E-state index in [1.807, 2.05) is 11.5 Å². The molecule has 2 aromatic rings. The van der Waals surface area contributed by atoms with Crippen LogP contribution in [-0.4, -0.2) is 38.7 Å². The van der Waals surface area contributed by atoms with E-state index in [0.29, 0.717) is 28.3 Å². The van der Waals surface area contributed by atoms with Gasteiger partial charge in [0, 0.05) is 11.6 Å². The van der Waals surface area contributed by atoms with Gasteiger partial charge in [0.2, 0.25) is 0 Å². The smallest absolute Gasteiger partial charge is 0.313 e. The average molecular weight is 328 g/mol. The number of nitrogens with zero attached hydrogens (tertiary/aromatic N) is 3. The van der Waals surface area contributed by atoms with Crippen LogP contribution in [0, 0.1) is 0 Å². The maximum Gasteiger partial charge on any atom is 0.313 e. The van der Waals surface area contributed by atoms with Crippen molar-refractivity contribution in [3.8, 4) is 17.1 Å². The Hall–Kier alpha value is -1.73. The predicted molar refractivity (Wildman–Crippen MR) is 81.1 cm³/mol. The number of carboxylic acids is 1. The number of carboxylic acid groups (broad SMARTS) is 1. The number of hydrogen-bond donors (Lipinski definition) is 1. The van der Waals surface area contributed by atoms with Crippen molar-refractivity contribution in [1.82, 2.24) is 14.8 Å². The van der Waals surface area contributed by atoms with Crippen LogP contribution < -0.4 is 4.74 Å². The number of carbonyl (C=O) groups is 1. The predicted octanol–water partition coefficient (Wildman–Crippen LogP) is 2.80. The summed E-state index contributed by atoms with van der Waals surface area (Å²) >= 11 is 7.16. The third-order valence-corrected chi connectivity index (χ3v) is 3.95. The second kappa shape index (κ2) is 6.82. The van der Waals surface area contributed by atoms with Crippen molar-refractivity contribution in [3.63, 3.8) is 0 Å². The molecule has 0 bridgehead atoms. The molecular formula is C13H14ClN3O3S. The van der Waals surface area contributed by atoms with E-state index in [-0.39, 0.29) is 5.75 Å². The standard InChI is InChI=1S/C13H14ClN3O3S/c1-3-17-12(15-16-13(17)21-7-11(18)19)9-6-8(14)4-5-10(9)20-2/h4-6H,3,7H2,1-2H3,(H,18,19). The summed E-state index contributed by atoms with van der Waals surface area (Å²) < 4.78 is 7.16. The first-order valence-electron chi connectivity index (χ1n) is 6.18. The van der Waals surface area contributed by atoms with E-state index in [9.17, 15) is 4.79 Å². The molecule has 0 saturated heterocycles. The number of aromatic nitrogens is 3. The highest BCUT2D eigenvalue weighted by molar-refractivity contribution is 7.99. The van der Waals surface area contributed by atoms with Gasteiger partial charge in [-0.2, -0.15) is 0 Å². The van der Waals surface area contributed by atoms with Crippen LogP contribution in [-0.2, 0) is 11.3 Å². The summed E-state index contributed by atoms with van der Waals surface area (Å²) in [5.74, 6) is 0.277. The van der Waals surface area contributed by atoms with Gasteiger partial charge >= 0.3 is 5.97 Å². The molecule has 21 heavy (non-hydrogen) atoms. The van der Waals surface area contributed by atoms with E-state index in [1.165, 1.54) is 0 Å². The Morgan fingerprint density at radius 2 is 2.24 bits per heavy atom. The number of aliphatic carboxylic acids is 1. The monoisotopic (exact) mass is 327 g/mol. The third kappa shape index (κ3) is 3.48. The number of hydrogen-bond acceptors (Lipinski definition) is 5. The normalized spacial score (nSPS) is 10.6. The first kappa shape index (κ1) is 15.7. The van der Waals surface area contributed by atoms with Gasteiger partial charge in [0.05, 0.1) is 18.4 Å². The molecule has 1 aromatic heterocycles. The van der Waals surface area contributed by atoms with Crippen molar-refractivity contribution >= 4 is 29.3 Å². The molecule has 2 rings (SSSR count). The van der Waals surface area contributed by atoms with Crippen molar-refractivity contribution in [3.05, 3.63) is 23.2 Å². The number of thioether (sulfide) groups is 1. The molecule has 0 aliphatic carbocycles. The molecule has 0 atom stereocenters. The van der Waals surface area contributed by atoms with Crippen LogP contribution in [0.4, 0.5) is 0 Å². The lowest BCUT2D eigenvalue weighted by atomic mass is 10.2. The Morgan fingerprint density at radius 1 is 1.48 bits per heavy atom. The largest absolute Gasteiger partial charge is 0.496 e. The number of halogens is 1. The second-order valence-corrected chi connectivity index (χ2v) is 5.46. The maximum absolute atomic E-state index is 10.7. The van der Waals surface area contributed by atoms with Crippen LogP contribution in [0.1, 0.15) is 6.92 Å². The zero-order chi connectivity index (χ0) is 15.4. The lowest BCUT2D eigenvalue weighted by Gasteiger charge is -2.10. The first-order valence-corrected chi connectivity index (χ1v) is 7.54. The summed E-state index contributed by atoms with van der Waals surface area (Å²) in [5, 5.41) is 18.1. The van der Waals surface area contributed by atoms with E-state index >= 15 is 0 Å². The van der Waals surface area contributed by atoms with Crippen LogP contribution in [0.25, 0.3) is 11.4 Å².